The summed E-state index contributed by atoms with van der Waals surface area (Å²) in [5.41, 5.74) is 0. The highest BCUT2D eigenvalue weighted by molar-refractivity contribution is 5.87. The number of amides is 3. The number of ether oxygens (including phenoxy) is 1. The van der Waals surface area contributed by atoms with Gasteiger partial charge in [-0.3, -0.25) is 4.79 Å². The molecule has 0 aromatic rings. The van der Waals surface area contributed by atoms with Crippen LogP contribution < -0.4 is 10.6 Å². The van der Waals surface area contributed by atoms with Gasteiger partial charge in [0.25, 0.3) is 0 Å². The van der Waals surface area contributed by atoms with Gasteiger partial charge in [-0.05, 0) is 12.8 Å². The zero-order chi connectivity index (χ0) is 14.3. The Kier molecular flexibility index (Phi) is 6.07. The molecule has 0 aliphatic carbocycles. The van der Waals surface area contributed by atoms with Crippen molar-refractivity contribution in [2.45, 2.75) is 18.9 Å². The topological polar surface area (TPSA) is 108 Å². The Labute approximate surface area is 111 Å². The van der Waals surface area contributed by atoms with E-state index in [-0.39, 0.29) is 18.9 Å². The number of carbonyl (C=O) groups is 3. The van der Waals surface area contributed by atoms with Gasteiger partial charge in [0, 0.05) is 26.8 Å². The lowest BCUT2D eigenvalue weighted by molar-refractivity contribution is -0.139. The van der Waals surface area contributed by atoms with Crippen LogP contribution in [0, 0.1) is 0 Å². The normalized spacial score (nSPS) is 16.7. The fourth-order valence-corrected chi connectivity index (χ4v) is 1.74. The first-order valence-electron chi connectivity index (χ1n) is 6.08. The molecule has 0 radical (unpaired) electrons. The molecule has 1 aliphatic heterocycles. The Bertz CT molecular complexity index is 347. The molecule has 8 heteroatoms. The molecule has 1 heterocycles. The van der Waals surface area contributed by atoms with Crippen LogP contribution in [0.15, 0.2) is 0 Å². The van der Waals surface area contributed by atoms with Crippen LogP contribution in [-0.2, 0) is 14.3 Å². The molecule has 1 atom stereocenters. The molecule has 3 N–H and O–H groups in total. The van der Waals surface area contributed by atoms with Crippen LogP contribution in [0.3, 0.4) is 0 Å². The number of hydrogen-bond donors (Lipinski definition) is 3. The Morgan fingerprint density at radius 1 is 1.58 bits per heavy atom. The number of urea groups is 1. The molecule has 8 nitrogen and oxygen atoms in total. The van der Waals surface area contributed by atoms with Gasteiger partial charge >= 0.3 is 12.0 Å². The number of rotatable bonds is 6. The summed E-state index contributed by atoms with van der Waals surface area (Å²) in [6.45, 7) is 1.15. The average Bonchev–Trinajstić information content (AvgIpc) is 2.37. The van der Waals surface area contributed by atoms with Crippen LogP contribution in [0.5, 0.6) is 0 Å². The van der Waals surface area contributed by atoms with Crippen LogP contribution in [0.25, 0.3) is 0 Å². The highest BCUT2D eigenvalue weighted by Crippen LogP contribution is 2.01. The monoisotopic (exact) mass is 273 g/mol. The number of carboxylic acid groups (broad SMARTS) is 1. The third-order valence-electron chi connectivity index (χ3n) is 2.76. The van der Waals surface area contributed by atoms with Crippen molar-refractivity contribution in [1.29, 1.82) is 0 Å². The van der Waals surface area contributed by atoms with Crippen LogP contribution in [0.2, 0.25) is 0 Å². The lowest BCUT2D eigenvalue weighted by Crippen LogP contribution is -2.55. The van der Waals surface area contributed by atoms with E-state index in [0.717, 1.165) is 0 Å². The van der Waals surface area contributed by atoms with E-state index >= 15 is 0 Å². The minimum absolute atomic E-state index is 0.0454. The van der Waals surface area contributed by atoms with Crippen molar-refractivity contribution in [2.75, 3.05) is 33.4 Å². The first-order chi connectivity index (χ1) is 9.04. The van der Waals surface area contributed by atoms with Crippen LogP contribution >= 0.6 is 0 Å². The molecule has 1 fully saturated rings. The molecule has 108 valence electrons. The number of nitrogens with zero attached hydrogens (tertiary/aromatic N) is 1. The van der Waals surface area contributed by atoms with Crippen LogP contribution in [0.4, 0.5) is 4.79 Å². The molecule has 3 amide bonds. The van der Waals surface area contributed by atoms with E-state index in [1.165, 1.54) is 12.0 Å². The van der Waals surface area contributed by atoms with Crippen molar-refractivity contribution in [1.82, 2.24) is 15.5 Å². The minimum Gasteiger partial charge on any atom is -0.480 e. The highest BCUT2D eigenvalue weighted by atomic mass is 16.5. The second kappa shape index (κ2) is 7.57. The summed E-state index contributed by atoms with van der Waals surface area (Å²) in [6, 6.07) is -1.49. The molecule has 1 saturated heterocycles. The number of aliphatic carboxylic acids is 1. The quantitative estimate of drug-likeness (QED) is 0.538. The number of carbonyl (C=O) groups excluding carboxylic acids is 2. The van der Waals surface area contributed by atoms with Gasteiger partial charge in [-0.1, -0.05) is 0 Å². The molecule has 0 bridgehead atoms. The van der Waals surface area contributed by atoms with Gasteiger partial charge in [-0.25, -0.2) is 9.59 Å². The van der Waals surface area contributed by atoms with Crippen molar-refractivity contribution >= 4 is 17.9 Å². The predicted octanol–water partition coefficient (Wildman–Crippen LogP) is -0.992. The smallest absolute Gasteiger partial charge is 0.326 e. The molecule has 0 aromatic carbocycles. The summed E-state index contributed by atoms with van der Waals surface area (Å²) in [5, 5.41) is 14.0. The van der Waals surface area contributed by atoms with Gasteiger partial charge in [0.05, 0.1) is 0 Å². The third kappa shape index (κ3) is 5.12. The molecule has 19 heavy (non-hydrogen) atoms. The molecular weight excluding hydrogens is 254 g/mol. The Balaban J connectivity index is 2.46. The Morgan fingerprint density at radius 2 is 2.32 bits per heavy atom. The summed E-state index contributed by atoms with van der Waals surface area (Å²) in [5.74, 6) is -1.33. The standard InChI is InChI=1S/C11H19N3O5/c1-19-6-2-3-8(10(16)17)13-11(18)14-5-4-12-9(15)7-14/h8H,2-7H2,1H3,(H,12,15)(H,13,18)(H,16,17). The summed E-state index contributed by atoms with van der Waals surface area (Å²) in [4.78, 5) is 35.3. The Hall–Kier alpha value is -1.83. The molecule has 1 aliphatic rings. The van der Waals surface area contributed by atoms with E-state index in [1.807, 2.05) is 0 Å². The maximum absolute atomic E-state index is 11.8. The SMILES string of the molecule is COCCCC(NC(=O)N1CCNC(=O)C1)C(=O)O. The highest BCUT2D eigenvalue weighted by Gasteiger charge is 2.25. The van der Waals surface area contributed by atoms with Crippen LogP contribution in [-0.4, -0.2) is 67.3 Å². The zero-order valence-corrected chi connectivity index (χ0v) is 10.8. The fourth-order valence-electron chi connectivity index (χ4n) is 1.74. The molecular formula is C11H19N3O5. The molecule has 1 rings (SSSR count). The van der Waals surface area contributed by atoms with E-state index in [4.69, 9.17) is 9.84 Å². The first-order valence-corrected chi connectivity index (χ1v) is 6.08. The van der Waals surface area contributed by atoms with Crippen LogP contribution in [0.1, 0.15) is 12.8 Å². The second-order valence-corrected chi connectivity index (χ2v) is 4.25. The number of methoxy groups -OCH3 is 1. The van der Waals surface area contributed by atoms with E-state index in [9.17, 15) is 14.4 Å². The van der Waals surface area contributed by atoms with E-state index in [2.05, 4.69) is 10.6 Å². The van der Waals surface area contributed by atoms with Gasteiger partial charge in [0.1, 0.15) is 12.6 Å². The largest absolute Gasteiger partial charge is 0.480 e. The lowest BCUT2D eigenvalue weighted by atomic mass is 10.1. The van der Waals surface area contributed by atoms with E-state index < -0.39 is 18.0 Å². The summed E-state index contributed by atoms with van der Waals surface area (Å²) >= 11 is 0. The first kappa shape index (κ1) is 15.2. The van der Waals surface area contributed by atoms with Gasteiger partial charge in [-0.2, -0.15) is 0 Å². The zero-order valence-electron chi connectivity index (χ0n) is 10.8. The van der Waals surface area contributed by atoms with Gasteiger partial charge in [-0.15, -0.1) is 0 Å². The second-order valence-electron chi connectivity index (χ2n) is 4.25. The molecule has 1 unspecified atom stereocenters. The molecule has 0 spiro atoms. The number of hydrogen-bond acceptors (Lipinski definition) is 4. The summed E-state index contributed by atoms with van der Waals surface area (Å²) in [6.07, 6.45) is 0.823. The van der Waals surface area contributed by atoms with Gasteiger partial charge < -0.3 is 25.4 Å². The fraction of sp³-hybridized carbons (Fsp3) is 0.727. The summed E-state index contributed by atoms with van der Waals surface area (Å²) in [7, 11) is 1.53. The Morgan fingerprint density at radius 3 is 2.89 bits per heavy atom. The van der Waals surface area contributed by atoms with Gasteiger partial charge in [0.2, 0.25) is 5.91 Å². The van der Waals surface area contributed by atoms with Crippen molar-refractivity contribution in [3.63, 3.8) is 0 Å². The van der Waals surface area contributed by atoms with Crippen molar-refractivity contribution in [3.8, 4) is 0 Å². The van der Waals surface area contributed by atoms with Crippen molar-refractivity contribution in [3.05, 3.63) is 0 Å². The number of nitrogens with one attached hydrogen (secondary N) is 2. The maximum atomic E-state index is 11.8. The lowest BCUT2D eigenvalue weighted by Gasteiger charge is -2.28. The maximum Gasteiger partial charge on any atom is 0.326 e. The average molecular weight is 273 g/mol. The van der Waals surface area contributed by atoms with Crippen molar-refractivity contribution < 1.29 is 24.2 Å². The van der Waals surface area contributed by atoms with Crippen molar-refractivity contribution in [2.24, 2.45) is 0 Å². The third-order valence-corrected chi connectivity index (χ3v) is 2.76. The minimum atomic E-state index is -1.09. The van der Waals surface area contributed by atoms with Gasteiger partial charge in [0.15, 0.2) is 0 Å². The number of carboxylic acids is 1. The summed E-state index contributed by atoms with van der Waals surface area (Å²) < 4.78 is 4.84. The number of piperazine rings is 1. The predicted molar refractivity (Wildman–Crippen MR) is 65.6 cm³/mol. The molecule has 0 aromatic heterocycles. The van der Waals surface area contributed by atoms with E-state index in [1.54, 1.807) is 0 Å². The van der Waals surface area contributed by atoms with E-state index in [0.29, 0.717) is 26.1 Å². The molecule has 0 saturated carbocycles.